The van der Waals surface area contributed by atoms with E-state index in [0.717, 1.165) is 102 Å². The van der Waals surface area contributed by atoms with Gasteiger partial charge in [0.25, 0.3) is 0 Å². The second-order valence-electron chi connectivity index (χ2n) is 21.6. The summed E-state index contributed by atoms with van der Waals surface area (Å²) in [5, 5.41) is 40.6. The van der Waals surface area contributed by atoms with Gasteiger partial charge in [0, 0.05) is 24.8 Å². The zero-order chi connectivity index (χ0) is 41.5. The van der Waals surface area contributed by atoms with Gasteiger partial charge in [-0.2, -0.15) is 0 Å². The molecule has 5 aliphatic carbocycles. The lowest BCUT2D eigenvalue weighted by Crippen LogP contribution is -2.79. The van der Waals surface area contributed by atoms with Crippen LogP contribution in [0.3, 0.4) is 0 Å². The van der Waals surface area contributed by atoms with Crippen molar-refractivity contribution in [3.8, 4) is 11.8 Å². The van der Waals surface area contributed by atoms with Crippen LogP contribution in [0, 0.1) is 56.7 Å². The molecule has 0 radical (unpaired) electrons. The number of aliphatic hydroxyl groups excluding tert-OH is 2. The fraction of sp³-hybridized carbons (Fsp3) is 0.769. The van der Waals surface area contributed by atoms with Crippen molar-refractivity contribution < 1.29 is 34.4 Å². The molecule has 7 aliphatic rings. The van der Waals surface area contributed by atoms with Gasteiger partial charge in [-0.1, -0.05) is 95.0 Å². The topological polar surface area (TPSA) is 113 Å². The van der Waals surface area contributed by atoms with Crippen LogP contribution < -0.4 is 0 Å². The predicted octanol–water partition coefficient (Wildman–Crippen LogP) is 9.97. The first-order chi connectivity index (χ1) is 28.3. The minimum absolute atomic E-state index is 0.134. The maximum absolute atomic E-state index is 15.2. The SMILES string of the molecule is C[C@H](CCCc1ccccc1)CC[C@H](O)[C@]12[C@@H]([C@H]3C[C@](C)(C#CC[C@]4(CCCC5(CCCC5)C4)C(=O)O3)[C@]1(O)CCC1=CC(=O)OC1)[C@](C)(C1CCCCC1)CC[C@@H]2O. The van der Waals surface area contributed by atoms with E-state index in [9.17, 15) is 20.1 Å². The van der Waals surface area contributed by atoms with E-state index in [0.29, 0.717) is 43.9 Å². The van der Waals surface area contributed by atoms with Gasteiger partial charge in [-0.25, -0.2) is 4.79 Å². The molecule has 1 aromatic rings. The van der Waals surface area contributed by atoms with Crippen LogP contribution in [-0.4, -0.2) is 57.8 Å². The highest BCUT2D eigenvalue weighted by Crippen LogP contribution is 2.72. The summed E-state index contributed by atoms with van der Waals surface area (Å²) in [4.78, 5) is 27.6. The Balaban J connectivity index is 1.22. The second-order valence-corrected chi connectivity index (χ2v) is 21.6. The van der Waals surface area contributed by atoms with Gasteiger partial charge in [0.15, 0.2) is 0 Å². The molecule has 2 heterocycles. The molecule has 0 unspecified atom stereocenters. The lowest BCUT2D eigenvalue weighted by Gasteiger charge is -2.72. The van der Waals surface area contributed by atoms with E-state index >= 15 is 4.79 Å². The van der Waals surface area contributed by atoms with Crippen LogP contribution in [0.5, 0.6) is 0 Å². The second kappa shape index (κ2) is 16.9. The number of hydrogen-bond acceptors (Lipinski definition) is 7. The molecule has 5 saturated carbocycles. The molecule has 10 atom stereocenters. The molecule has 3 N–H and O–H groups in total. The largest absolute Gasteiger partial charge is 0.462 e. The smallest absolute Gasteiger partial charge is 0.331 e. The molecule has 0 aromatic heterocycles. The molecule has 2 spiro atoms. The third-order valence-corrected chi connectivity index (χ3v) is 18.1. The Labute approximate surface area is 354 Å². The summed E-state index contributed by atoms with van der Waals surface area (Å²) < 4.78 is 12.5. The van der Waals surface area contributed by atoms with E-state index < -0.39 is 51.5 Å². The number of fused-ring (bicyclic) bond motifs is 4. The number of esters is 2. The molecular weight excluding hydrogens is 737 g/mol. The zero-order valence-corrected chi connectivity index (χ0v) is 36.6. The number of rotatable bonds is 12. The minimum atomic E-state index is -1.67. The van der Waals surface area contributed by atoms with E-state index in [1.165, 1.54) is 24.8 Å². The van der Waals surface area contributed by atoms with Crippen LogP contribution in [-0.2, 0) is 25.5 Å². The Kier molecular flexibility index (Phi) is 12.3. The van der Waals surface area contributed by atoms with Crippen molar-refractivity contribution in [3.05, 3.63) is 47.5 Å². The van der Waals surface area contributed by atoms with Gasteiger partial charge in [-0.05, 0) is 137 Å². The van der Waals surface area contributed by atoms with Gasteiger partial charge in [-0.3, -0.25) is 4.79 Å². The summed E-state index contributed by atoms with van der Waals surface area (Å²) >= 11 is 0. The Hall–Kier alpha value is -2.66. The summed E-state index contributed by atoms with van der Waals surface area (Å²) in [5.74, 6) is 6.93. The van der Waals surface area contributed by atoms with Crippen molar-refractivity contribution in [1.29, 1.82) is 0 Å². The van der Waals surface area contributed by atoms with Gasteiger partial charge in [0.2, 0.25) is 0 Å². The van der Waals surface area contributed by atoms with Crippen LogP contribution in [0.25, 0.3) is 0 Å². The summed E-state index contributed by atoms with van der Waals surface area (Å²) in [5.41, 5.74) is -3.01. The van der Waals surface area contributed by atoms with Crippen molar-refractivity contribution in [2.45, 2.75) is 199 Å². The summed E-state index contributed by atoms with van der Waals surface area (Å²) in [6.45, 7) is 6.83. The van der Waals surface area contributed by atoms with Gasteiger partial charge >= 0.3 is 11.9 Å². The van der Waals surface area contributed by atoms with E-state index in [-0.39, 0.29) is 30.4 Å². The van der Waals surface area contributed by atoms with Crippen LogP contribution in [0.1, 0.15) is 174 Å². The highest BCUT2D eigenvalue weighted by molar-refractivity contribution is 5.85. The quantitative estimate of drug-likeness (QED) is 0.142. The fourth-order valence-corrected chi connectivity index (χ4v) is 15.0. The number of aryl methyl sites for hydroxylation is 1. The highest BCUT2D eigenvalue weighted by atomic mass is 16.5. The van der Waals surface area contributed by atoms with Crippen LogP contribution in [0.2, 0.25) is 0 Å². The van der Waals surface area contributed by atoms with Crippen LogP contribution >= 0.6 is 0 Å². The summed E-state index contributed by atoms with van der Waals surface area (Å²) in [7, 11) is 0. The lowest BCUT2D eigenvalue weighted by atomic mass is 9.35. The molecule has 7 nitrogen and oxygen atoms in total. The predicted molar refractivity (Wildman–Crippen MR) is 230 cm³/mol. The third-order valence-electron chi connectivity index (χ3n) is 18.1. The molecule has 7 heteroatoms. The first-order valence-electron chi connectivity index (χ1n) is 24.0. The molecule has 0 amide bonds. The number of ether oxygens (including phenoxy) is 2. The normalized spacial score (nSPS) is 39.2. The molecule has 59 heavy (non-hydrogen) atoms. The van der Waals surface area contributed by atoms with Crippen molar-refractivity contribution >= 4 is 11.9 Å². The number of cyclic esters (lactones) is 1. The van der Waals surface area contributed by atoms with Crippen molar-refractivity contribution in [1.82, 2.24) is 0 Å². The van der Waals surface area contributed by atoms with Gasteiger partial charge in [0.1, 0.15) is 12.7 Å². The molecule has 1 aromatic carbocycles. The summed E-state index contributed by atoms with van der Waals surface area (Å²) in [6.07, 6.45) is 19.7. The molecule has 0 saturated heterocycles. The number of aliphatic hydroxyl groups is 3. The highest BCUT2D eigenvalue weighted by Gasteiger charge is 2.78. The number of carbonyl (C=O) groups excluding carboxylic acids is 2. The number of hydrogen-bond donors (Lipinski definition) is 3. The number of benzene rings is 1. The van der Waals surface area contributed by atoms with Crippen molar-refractivity contribution in [3.63, 3.8) is 0 Å². The van der Waals surface area contributed by atoms with Gasteiger partial charge in [0.05, 0.1) is 34.1 Å². The first kappa shape index (κ1) is 43.0. The fourth-order valence-electron chi connectivity index (χ4n) is 15.0. The average molecular weight is 811 g/mol. The lowest BCUT2D eigenvalue weighted by molar-refractivity contribution is -0.339. The van der Waals surface area contributed by atoms with Gasteiger partial charge in [-0.15, -0.1) is 5.92 Å². The molecule has 5 fully saturated rings. The zero-order valence-electron chi connectivity index (χ0n) is 36.6. The molecule has 324 valence electrons. The van der Waals surface area contributed by atoms with E-state index in [1.807, 2.05) is 6.92 Å². The maximum Gasteiger partial charge on any atom is 0.331 e. The molecular formula is C52H74O7. The van der Waals surface area contributed by atoms with E-state index in [4.69, 9.17) is 9.47 Å². The Morgan fingerprint density at radius 1 is 0.881 bits per heavy atom. The number of carbonyl (C=O) groups is 2. The monoisotopic (exact) mass is 811 g/mol. The van der Waals surface area contributed by atoms with Crippen molar-refractivity contribution in [2.75, 3.05) is 6.61 Å². The molecule has 8 rings (SSSR count). The van der Waals surface area contributed by atoms with Crippen LogP contribution in [0.15, 0.2) is 42.0 Å². The van der Waals surface area contributed by atoms with Gasteiger partial charge < -0.3 is 24.8 Å². The van der Waals surface area contributed by atoms with E-state index in [2.05, 4.69) is 56.0 Å². The molecule has 2 bridgehead atoms. The van der Waals surface area contributed by atoms with Crippen LogP contribution in [0.4, 0.5) is 0 Å². The standard InChI is InChI=1S/C52H74O7/c1-37(15-12-18-38-16-6-4-7-17-38)21-22-42(53)52-43(54)24-31-48(3,40-19-8-5-9-20-40)45(52)41-34-47(2,51(52,57)32-23-39-33-44(55)58-35-39)25-13-29-50(46(56)59-41)30-14-28-49(36-50)26-10-11-27-49/h4,6-7,16-17,33,37,40-43,45,53-54,57H,5,8-12,14-15,18-24,26-32,34-36H2,1-3H3/t37-,41-,42+,43+,45+,47+,48+,50-,51-,52+/m1/s1. The minimum Gasteiger partial charge on any atom is -0.462 e. The Morgan fingerprint density at radius 2 is 1.63 bits per heavy atom. The maximum atomic E-state index is 15.2. The Bertz CT molecular complexity index is 1760. The van der Waals surface area contributed by atoms with Crippen molar-refractivity contribution in [2.24, 2.45) is 44.8 Å². The summed E-state index contributed by atoms with van der Waals surface area (Å²) in [6, 6.07) is 10.6. The third kappa shape index (κ3) is 7.66. The first-order valence-corrected chi connectivity index (χ1v) is 24.0. The van der Waals surface area contributed by atoms with E-state index in [1.54, 1.807) is 6.08 Å². The molecule has 2 aliphatic heterocycles. The Morgan fingerprint density at radius 3 is 2.36 bits per heavy atom. The average Bonchev–Trinajstić information content (AvgIpc) is 3.88.